The van der Waals surface area contributed by atoms with Crippen LogP contribution in [0.25, 0.3) is 0 Å². The molecule has 2 amide bonds. The molecule has 0 aromatic rings. The molecule has 4 nitrogen and oxygen atoms in total. The Balaban J connectivity index is 1.49. The highest BCUT2D eigenvalue weighted by Gasteiger charge is 2.51. The van der Waals surface area contributed by atoms with E-state index in [4.69, 9.17) is 0 Å². The van der Waals surface area contributed by atoms with Gasteiger partial charge in [-0.25, -0.2) is 0 Å². The smallest absolute Gasteiger partial charge is 0.238 e. The first kappa shape index (κ1) is 15.8. The average molecular weight is 306 g/mol. The van der Waals surface area contributed by atoms with Gasteiger partial charge >= 0.3 is 0 Å². The van der Waals surface area contributed by atoms with Crippen molar-refractivity contribution in [3.8, 4) is 0 Å². The molecule has 0 spiro atoms. The quantitative estimate of drug-likeness (QED) is 0.787. The van der Waals surface area contributed by atoms with Crippen molar-refractivity contribution in [1.29, 1.82) is 0 Å². The third-order valence-electron chi connectivity index (χ3n) is 5.73. The average Bonchev–Trinajstić information content (AvgIpc) is 2.32. The first-order valence-electron chi connectivity index (χ1n) is 8.81. The van der Waals surface area contributed by atoms with Crippen molar-refractivity contribution in [3.05, 3.63) is 0 Å². The van der Waals surface area contributed by atoms with Crippen LogP contribution >= 0.6 is 0 Å². The van der Waals surface area contributed by atoms with Gasteiger partial charge in [-0.3, -0.25) is 20.4 Å². The summed E-state index contributed by atoms with van der Waals surface area (Å²) in [5, 5.41) is 0. The van der Waals surface area contributed by atoms with E-state index in [9.17, 15) is 9.59 Å². The number of hydrogen-bond acceptors (Lipinski definition) is 2. The van der Waals surface area contributed by atoms with Gasteiger partial charge in [0.15, 0.2) is 0 Å². The molecule has 4 rings (SSSR count). The van der Waals surface area contributed by atoms with E-state index >= 15 is 0 Å². The predicted octanol–water partition coefficient (Wildman–Crippen LogP) is 3.18. The number of rotatable bonds is 3. The van der Waals surface area contributed by atoms with Crippen molar-refractivity contribution in [1.82, 2.24) is 10.9 Å². The third-order valence-corrected chi connectivity index (χ3v) is 5.73. The molecule has 0 radical (unpaired) electrons. The molecule has 4 fully saturated rings. The van der Waals surface area contributed by atoms with Crippen molar-refractivity contribution in [2.75, 3.05) is 0 Å². The predicted molar refractivity (Wildman–Crippen MR) is 85.6 cm³/mol. The summed E-state index contributed by atoms with van der Waals surface area (Å²) in [6.45, 7) is 6.05. The lowest BCUT2D eigenvalue weighted by Crippen LogP contribution is -2.50. The maximum Gasteiger partial charge on any atom is 0.238 e. The first-order chi connectivity index (χ1) is 10.2. The molecular formula is C18H30N2O2. The van der Waals surface area contributed by atoms with Gasteiger partial charge < -0.3 is 0 Å². The Kier molecular flexibility index (Phi) is 3.98. The van der Waals surface area contributed by atoms with Gasteiger partial charge in [0, 0.05) is 12.8 Å². The molecule has 4 saturated carbocycles. The molecule has 0 unspecified atom stereocenters. The lowest BCUT2D eigenvalue weighted by Gasteiger charge is -2.56. The van der Waals surface area contributed by atoms with E-state index in [-0.39, 0.29) is 22.6 Å². The highest BCUT2D eigenvalue weighted by molar-refractivity contribution is 5.82. The summed E-state index contributed by atoms with van der Waals surface area (Å²) in [7, 11) is 0. The molecule has 4 heteroatoms. The molecule has 0 aromatic carbocycles. The Morgan fingerprint density at radius 3 is 1.82 bits per heavy atom. The van der Waals surface area contributed by atoms with E-state index < -0.39 is 0 Å². The maximum absolute atomic E-state index is 12.3. The summed E-state index contributed by atoms with van der Waals surface area (Å²) in [4.78, 5) is 24.1. The number of hydrazine groups is 1. The summed E-state index contributed by atoms with van der Waals surface area (Å²) in [6, 6.07) is 0. The Morgan fingerprint density at radius 1 is 0.909 bits per heavy atom. The topological polar surface area (TPSA) is 58.2 Å². The minimum Gasteiger partial charge on any atom is -0.273 e. The summed E-state index contributed by atoms with van der Waals surface area (Å²) in [5.41, 5.74) is 5.39. The SMILES string of the molecule is CC(C)(C)CC(=O)NNC(=O)CC12CC3CC(CC(C3)C1)C2. The Labute approximate surface area is 133 Å². The normalized spacial score (nSPS) is 36.2. The minimum atomic E-state index is -0.105. The molecule has 0 heterocycles. The molecule has 0 aromatic heterocycles. The molecule has 4 bridgehead atoms. The Morgan fingerprint density at radius 2 is 1.36 bits per heavy atom. The van der Waals surface area contributed by atoms with Gasteiger partial charge in [0.2, 0.25) is 11.8 Å². The highest BCUT2D eigenvalue weighted by Crippen LogP contribution is 2.61. The van der Waals surface area contributed by atoms with Gasteiger partial charge in [-0.15, -0.1) is 0 Å². The molecule has 0 atom stereocenters. The fourth-order valence-corrected chi connectivity index (χ4v) is 5.56. The fraction of sp³-hybridized carbons (Fsp3) is 0.889. The number of carbonyl (C=O) groups is 2. The number of carbonyl (C=O) groups excluding carboxylic acids is 2. The summed E-state index contributed by atoms with van der Waals surface area (Å²) >= 11 is 0. The summed E-state index contributed by atoms with van der Waals surface area (Å²) in [6.07, 6.45) is 8.86. The van der Waals surface area contributed by atoms with Crippen LogP contribution in [0.1, 0.15) is 72.1 Å². The zero-order valence-corrected chi connectivity index (χ0v) is 14.2. The van der Waals surface area contributed by atoms with Crippen LogP contribution in [0.15, 0.2) is 0 Å². The van der Waals surface area contributed by atoms with Crippen LogP contribution in [-0.2, 0) is 9.59 Å². The highest BCUT2D eigenvalue weighted by atomic mass is 16.2. The van der Waals surface area contributed by atoms with E-state index in [0.29, 0.717) is 12.8 Å². The van der Waals surface area contributed by atoms with Crippen molar-refractivity contribution in [2.45, 2.75) is 72.1 Å². The van der Waals surface area contributed by atoms with Crippen molar-refractivity contribution in [3.63, 3.8) is 0 Å². The van der Waals surface area contributed by atoms with Crippen molar-refractivity contribution in [2.24, 2.45) is 28.6 Å². The molecule has 22 heavy (non-hydrogen) atoms. The monoisotopic (exact) mass is 306 g/mol. The van der Waals surface area contributed by atoms with Gasteiger partial charge in [-0.2, -0.15) is 0 Å². The molecular weight excluding hydrogens is 276 g/mol. The lowest BCUT2D eigenvalue weighted by atomic mass is 9.49. The molecule has 4 aliphatic carbocycles. The van der Waals surface area contributed by atoms with Crippen LogP contribution in [0.4, 0.5) is 0 Å². The van der Waals surface area contributed by atoms with Crippen molar-refractivity contribution >= 4 is 11.8 Å². The third kappa shape index (κ3) is 3.64. The number of amides is 2. The van der Waals surface area contributed by atoms with Gasteiger partial charge in [0.1, 0.15) is 0 Å². The van der Waals surface area contributed by atoms with Crippen LogP contribution in [0, 0.1) is 28.6 Å². The summed E-state index contributed by atoms with van der Waals surface area (Å²) < 4.78 is 0. The number of hydrogen-bond donors (Lipinski definition) is 2. The van der Waals surface area contributed by atoms with Gasteiger partial charge in [0.25, 0.3) is 0 Å². The summed E-state index contributed by atoms with van der Waals surface area (Å²) in [5.74, 6) is 2.45. The van der Waals surface area contributed by atoms with E-state index in [1.807, 2.05) is 20.8 Å². The van der Waals surface area contributed by atoms with E-state index in [1.54, 1.807) is 0 Å². The van der Waals surface area contributed by atoms with Crippen LogP contribution in [0.3, 0.4) is 0 Å². The van der Waals surface area contributed by atoms with Crippen LogP contribution in [0.5, 0.6) is 0 Å². The van der Waals surface area contributed by atoms with Crippen molar-refractivity contribution < 1.29 is 9.59 Å². The zero-order chi connectivity index (χ0) is 16.0. The maximum atomic E-state index is 12.3. The van der Waals surface area contributed by atoms with Gasteiger partial charge in [-0.05, 0) is 67.1 Å². The Bertz CT molecular complexity index is 429. The first-order valence-corrected chi connectivity index (χ1v) is 8.81. The number of nitrogens with one attached hydrogen (secondary N) is 2. The van der Waals surface area contributed by atoms with Crippen LogP contribution in [0.2, 0.25) is 0 Å². The minimum absolute atomic E-state index is 0.00999. The molecule has 124 valence electrons. The van der Waals surface area contributed by atoms with Gasteiger partial charge in [0.05, 0.1) is 0 Å². The van der Waals surface area contributed by atoms with E-state index in [1.165, 1.54) is 38.5 Å². The molecule has 0 aliphatic heterocycles. The van der Waals surface area contributed by atoms with Crippen LogP contribution in [-0.4, -0.2) is 11.8 Å². The Hall–Kier alpha value is -1.06. The zero-order valence-electron chi connectivity index (χ0n) is 14.2. The lowest BCUT2D eigenvalue weighted by molar-refractivity contribution is -0.134. The van der Waals surface area contributed by atoms with Gasteiger partial charge in [-0.1, -0.05) is 20.8 Å². The van der Waals surface area contributed by atoms with E-state index in [0.717, 1.165) is 17.8 Å². The fourth-order valence-electron chi connectivity index (χ4n) is 5.56. The largest absolute Gasteiger partial charge is 0.273 e. The molecule has 2 N–H and O–H groups in total. The second kappa shape index (κ2) is 5.54. The molecule has 4 aliphatic rings. The van der Waals surface area contributed by atoms with E-state index in [2.05, 4.69) is 10.9 Å². The standard InChI is InChI=1S/C18H30N2O2/c1-17(2,3)10-15(21)19-20-16(22)11-18-7-12-4-13(8-18)6-14(5-12)9-18/h12-14H,4-11H2,1-3H3,(H,19,21)(H,20,22). The second-order valence-corrected chi connectivity index (χ2v) is 9.43. The second-order valence-electron chi connectivity index (χ2n) is 9.43. The molecule has 0 saturated heterocycles. The van der Waals surface area contributed by atoms with Crippen LogP contribution < -0.4 is 10.9 Å².